The first-order valence-electron chi connectivity index (χ1n) is 6.33. The number of hydrogen-bond donors (Lipinski definition) is 1. The standard InChI is InChI=1S/C15H20N2O/c1-4-12(3)17-15(18)9-13(10-16)14-8-6-5-7-11(14)2/h5-8,12-13H,4,9H2,1-3H3,(H,17,18). The van der Waals surface area contributed by atoms with Crippen LogP contribution in [-0.2, 0) is 4.79 Å². The van der Waals surface area contributed by atoms with Gasteiger partial charge in [-0.15, -0.1) is 0 Å². The minimum atomic E-state index is -0.366. The summed E-state index contributed by atoms with van der Waals surface area (Å²) in [5.74, 6) is -0.422. The summed E-state index contributed by atoms with van der Waals surface area (Å²) in [6, 6.07) is 10.1. The third-order valence-electron chi connectivity index (χ3n) is 3.13. The molecule has 0 heterocycles. The average molecular weight is 244 g/mol. The van der Waals surface area contributed by atoms with Crippen molar-refractivity contribution < 1.29 is 4.79 Å². The van der Waals surface area contributed by atoms with Gasteiger partial charge in [-0.1, -0.05) is 31.2 Å². The fourth-order valence-electron chi connectivity index (χ4n) is 1.82. The summed E-state index contributed by atoms with van der Waals surface area (Å²) in [5, 5.41) is 12.1. The number of nitriles is 1. The van der Waals surface area contributed by atoms with E-state index >= 15 is 0 Å². The Morgan fingerprint density at radius 3 is 2.67 bits per heavy atom. The molecule has 1 rings (SSSR count). The van der Waals surface area contributed by atoms with Crippen LogP contribution in [0.3, 0.4) is 0 Å². The fraction of sp³-hybridized carbons (Fsp3) is 0.467. The lowest BCUT2D eigenvalue weighted by Gasteiger charge is -2.15. The largest absolute Gasteiger partial charge is 0.354 e. The molecule has 3 heteroatoms. The van der Waals surface area contributed by atoms with E-state index in [-0.39, 0.29) is 24.3 Å². The van der Waals surface area contributed by atoms with Crippen LogP contribution in [-0.4, -0.2) is 11.9 Å². The second kappa shape index (κ2) is 6.80. The second-order valence-electron chi connectivity index (χ2n) is 4.62. The van der Waals surface area contributed by atoms with Crippen molar-refractivity contribution in [1.82, 2.24) is 5.32 Å². The van der Waals surface area contributed by atoms with Gasteiger partial charge in [0.05, 0.1) is 12.0 Å². The van der Waals surface area contributed by atoms with Crippen LogP contribution in [0.15, 0.2) is 24.3 Å². The van der Waals surface area contributed by atoms with E-state index in [1.54, 1.807) is 0 Å². The van der Waals surface area contributed by atoms with E-state index in [9.17, 15) is 10.1 Å². The summed E-state index contributed by atoms with van der Waals surface area (Å²) in [6.07, 6.45) is 1.12. The molecule has 0 aliphatic carbocycles. The van der Waals surface area contributed by atoms with Gasteiger partial charge in [0.1, 0.15) is 0 Å². The Hall–Kier alpha value is -1.82. The first-order chi connectivity index (χ1) is 8.58. The zero-order chi connectivity index (χ0) is 13.5. The van der Waals surface area contributed by atoms with E-state index in [2.05, 4.69) is 11.4 Å². The molecule has 1 aromatic carbocycles. The highest BCUT2D eigenvalue weighted by atomic mass is 16.1. The van der Waals surface area contributed by atoms with Gasteiger partial charge in [-0.3, -0.25) is 4.79 Å². The van der Waals surface area contributed by atoms with Gasteiger partial charge in [0, 0.05) is 12.5 Å². The molecule has 1 amide bonds. The van der Waals surface area contributed by atoms with Gasteiger partial charge in [0.2, 0.25) is 5.91 Å². The highest BCUT2D eigenvalue weighted by Crippen LogP contribution is 2.22. The molecule has 0 saturated carbocycles. The minimum Gasteiger partial charge on any atom is -0.354 e. The van der Waals surface area contributed by atoms with E-state index in [0.717, 1.165) is 17.5 Å². The third kappa shape index (κ3) is 3.89. The third-order valence-corrected chi connectivity index (χ3v) is 3.13. The van der Waals surface area contributed by atoms with E-state index < -0.39 is 0 Å². The summed E-state index contributed by atoms with van der Waals surface area (Å²) in [4.78, 5) is 11.8. The molecule has 0 aromatic heterocycles. The van der Waals surface area contributed by atoms with Gasteiger partial charge in [-0.2, -0.15) is 5.26 Å². The predicted molar refractivity (Wildman–Crippen MR) is 72.0 cm³/mol. The Morgan fingerprint density at radius 1 is 1.44 bits per heavy atom. The molecule has 3 nitrogen and oxygen atoms in total. The van der Waals surface area contributed by atoms with Crippen molar-refractivity contribution in [2.45, 2.75) is 45.6 Å². The minimum absolute atomic E-state index is 0.0563. The SMILES string of the molecule is CCC(C)NC(=O)CC(C#N)c1ccccc1C. The number of amides is 1. The number of aryl methyl sites for hydroxylation is 1. The number of rotatable bonds is 5. The highest BCUT2D eigenvalue weighted by Gasteiger charge is 2.17. The molecule has 0 bridgehead atoms. The summed E-state index contributed by atoms with van der Waals surface area (Å²) >= 11 is 0. The monoisotopic (exact) mass is 244 g/mol. The molecule has 0 aliphatic heterocycles. The van der Waals surface area contributed by atoms with Crippen molar-refractivity contribution >= 4 is 5.91 Å². The van der Waals surface area contributed by atoms with Gasteiger partial charge in [-0.25, -0.2) is 0 Å². The van der Waals surface area contributed by atoms with Crippen LogP contribution in [0.2, 0.25) is 0 Å². The van der Waals surface area contributed by atoms with E-state index in [1.807, 2.05) is 45.0 Å². The zero-order valence-corrected chi connectivity index (χ0v) is 11.2. The lowest BCUT2D eigenvalue weighted by atomic mass is 9.93. The lowest BCUT2D eigenvalue weighted by molar-refractivity contribution is -0.121. The maximum absolute atomic E-state index is 11.8. The highest BCUT2D eigenvalue weighted by molar-refractivity contribution is 5.77. The molecular weight excluding hydrogens is 224 g/mol. The number of nitrogens with zero attached hydrogens (tertiary/aromatic N) is 1. The molecule has 0 spiro atoms. The summed E-state index contributed by atoms with van der Waals surface area (Å²) in [7, 11) is 0. The smallest absolute Gasteiger partial charge is 0.221 e. The van der Waals surface area contributed by atoms with E-state index in [0.29, 0.717) is 0 Å². The predicted octanol–water partition coefficient (Wildman–Crippen LogP) is 2.91. The van der Waals surface area contributed by atoms with Crippen LogP contribution in [0, 0.1) is 18.3 Å². The Labute approximate surface area is 109 Å². The van der Waals surface area contributed by atoms with Crippen molar-refractivity contribution in [2.24, 2.45) is 0 Å². The number of carbonyl (C=O) groups excluding carboxylic acids is 1. The summed E-state index contributed by atoms with van der Waals surface area (Å²) in [5.41, 5.74) is 2.00. The van der Waals surface area contributed by atoms with Gasteiger partial charge >= 0.3 is 0 Å². The zero-order valence-electron chi connectivity index (χ0n) is 11.2. The first-order valence-corrected chi connectivity index (χ1v) is 6.33. The average Bonchev–Trinajstić information content (AvgIpc) is 2.36. The lowest BCUT2D eigenvalue weighted by Crippen LogP contribution is -2.32. The Balaban J connectivity index is 2.72. The van der Waals surface area contributed by atoms with Gasteiger partial charge in [-0.05, 0) is 31.4 Å². The molecule has 0 fully saturated rings. The maximum atomic E-state index is 11.8. The van der Waals surface area contributed by atoms with Crippen LogP contribution in [0.4, 0.5) is 0 Å². The molecule has 96 valence electrons. The van der Waals surface area contributed by atoms with Gasteiger partial charge < -0.3 is 5.32 Å². The van der Waals surface area contributed by atoms with Crippen molar-refractivity contribution in [3.8, 4) is 6.07 Å². The molecule has 2 atom stereocenters. The van der Waals surface area contributed by atoms with E-state index in [1.165, 1.54) is 0 Å². The van der Waals surface area contributed by atoms with Crippen LogP contribution >= 0.6 is 0 Å². The second-order valence-corrected chi connectivity index (χ2v) is 4.62. The Bertz CT molecular complexity index is 448. The quantitative estimate of drug-likeness (QED) is 0.865. The number of carbonyl (C=O) groups is 1. The number of benzene rings is 1. The van der Waals surface area contributed by atoms with Crippen molar-refractivity contribution in [3.05, 3.63) is 35.4 Å². The van der Waals surface area contributed by atoms with Gasteiger partial charge in [0.25, 0.3) is 0 Å². The van der Waals surface area contributed by atoms with Crippen molar-refractivity contribution in [2.75, 3.05) is 0 Å². The molecule has 18 heavy (non-hydrogen) atoms. The number of hydrogen-bond acceptors (Lipinski definition) is 2. The molecule has 0 radical (unpaired) electrons. The molecule has 1 N–H and O–H groups in total. The molecule has 2 unspecified atom stereocenters. The van der Waals surface area contributed by atoms with Crippen LogP contribution < -0.4 is 5.32 Å². The van der Waals surface area contributed by atoms with Gasteiger partial charge in [0.15, 0.2) is 0 Å². The summed E-state index contributed by atoms with van der Waals surface area (Å²) < 4.78 is 0. The maximum Gasteiger partial charge on any atom is 0.221 e. The van der Waals surface area contributed by atoms with Crippen LogP contribution in [0.5, 0.6) is 0 Å². The topological polar surface area (TPSA) is 52.9 Å². The van der Waals surface area contributed by atoms with Crippen molar-refractivity contribution in [3.63, 3.8) is 0 Å². The number of nitrogens with one attached hydrogen (secondary N) is 1. The summed E-state index contributed by atoms with van der Waals surface area (Å²) in [6.45, 7) is 5.95. The fourth-order valence-corrected chi connectivity index (χ4v) is 1.82. The molecule has 1 aromatic rings. The molecular formula is C15H20N2O. The van der Waals surface area contributed by atoms with Crippen LogP contribution in [0.25, 0.3) is 0 Å². The Kier molecular flexibility index (Phi) is 5.38. The first kappa shape index (κ1) is 14.2. The van der Waals surface area contributed by atoms with Crippen molar-refractivity contribution in [1.29, 1.82) is 5.26 Å². The Morgan fingerprint density at radius 2 is 2.11 bits per heavy atom. The molecule has 0 saturated heterocycles. The van der Waals surface area contributed by atoms with Crippen LogP contribution in [0.1, 0.15) is 43.7 Å². The normalized spacial score (nSPS) is 13.4. The van der Waals surface area contributed by atoms with E-state index in [4.69, 9.17) is 0 Å². The molecule has 0 aliphatic rings.